The van der Waals surface area contributed by atoms with Gasteiger partial charge in [-0.3, -0.25) is 4.90 Å². The molecule has 31 heavy (non-hydrogen) atoms. The number of benzene rings is 1. The largest absolute Gasteiger partial charge is 0.477 e. The monoisotopic (exact) mass is 417 g/mol. The number of carboxylic acids is 1. The summed E-state index contributed by atoms with van der Waals surface area (Å²) in [6.07, 6.45) is 5.97. The molecule has 1 atom stereocenters. The lowest BCUT2D eigenvalue weighted by Gasteiger charge is -2.39. The van der Waals surface area contributed by atoms with Crippen molar-refractivity contribution in [1.29, 1.82) is 0 Å². The molecule has 1 N–H and O–H groups in total. The van der Waals surface area contributed by atoms with Crippen LogP contribution >= 0.6 is 0 Å². The van der Waals surface area contributed by atoms with Crippen LogP contribution in [0.4, 0.5) is 5.69 Å². The van der Waals surface area contributed by atoms with E-state index >= 15 is 0 Å². The first-order valence-electron chi connectivity index (χ1n) is 11.4. The third kappa shape index (κ3) is 3.10. The summed E-state index contributed by atoms with van der Waals surface area (Å²) in [5.74, 6) is -0.565. The average Bonchev–Trinajstić information content (AvgIpc) is 3.37. The van der Waals surface area contributed by atoms with Gasteiger partial charge in [-0.2, -0.15) is 5.10 Å². The summed E-state index contributed by atoms with van der Waals surface area (Å²) in [4.78, 5) is 21.6. The van der Waals surface area contributed by atoms with Crippen LogP contribution in [0.1, 0.15) is 54.2 Å². The van der Waals surface area contributed by atoms with Crippen molar-refractivity contribution in [2.75, 3.05) is 31.1 Å². The molecule has 0 unspecified atom stereocenters. The highest BCUT2D eigenvalue weighted by atomic mass is 16.4. The molecular formula is C24H27N5O2. The normalized spacial score (nSPS) is 21.9. The minimum Gasteiger partial charge on any atom is -0.477 e. The first-order valence-corrected chi connectivity index (χ1v) is 11.4. The number of carboxylic acid groups (broad SMARTS) is 1. The Labute approximate surface area is 181 Å². The van der Waals surface area contributed by atoms with Crippen LogP contribution in [0.3, 0.4) is 0 Å². The lowest BCUT2D eigenvalue weighted by atomic mass is 9.82. The predicted molar refractivity (Wildman–Crippen MR) is 119 cm³/mol. The molecule has 2 aromatic heterocycles. The third-order valence-electron chi connectivity index (χ3n) is 7.28. The Morgan fingerprint density at radius 3 is 2.61 bits per heavy atom. The maximum Gasteiger partial charge on any atom is 0.354 e. The van der Waals surface area contributed by atoms with Crippen LogP contribution in [0.15, 0.2) is 36.4 Å². The number of aromatic carboxylic acids is 1. The molecule has 3 aromatic rings. The molecule has 0 spiro atoms. The second-order valence-electron chi connectivity index (χ2n) is 9.07. The van der Waals surface area contributed by atoms with E-state index in [0.29, 0.717) is 17.6 Å². The van der Waals surface area contributed by atoms with Crippen LogP contribution in [0.2, 0.25) is 0 Å². The lowest BCUT2D eigenvalue weighted by molar-refractivity contribution is 0.0691. The van der Waals surface area contributed by atoms with Gasteiger partial charge in [0.05, 0.1) is 22.5 Å². The number of nitrogens with zero attached hydrogens (tertiary/aromatic N) is 5. The van der Waals surface area contributed by atoms with Crippen molar-refractivity contribution in [3.8, 4) is 5.69 Å². The number of piperazine rings is 1. The van der Waals surface area contributed by atoms with E-state index in [9.17, 15) is 9.90 Å². The zero-order valence-electron chi connectivity index (χ0n) is 17.6. The number of hydrogen-bond donors (Lipinski definition) is 1. The molecule has 2 saturated heterocycles. The van der Waals surface area contributed by atoms with Crippen molar-refractivity contribution in [1.82, 2.24) is 19.7 Å². The third-order valence-corrected chi connectivity index (χ3v) is 7.28. The van der Waals surface area contributed by atoms with Gasteiger partial charge >= 0.3 is 5.97 Å². The van der Waals surface area contributed by atoms with Gasteiger partial charge in [0, 0.05) is 31.6 Å². The molecule has 0 radical (unpaired) electrons. The topological polar surface area (TPSA) is 74.5 Å². The summed E-state index contributed by atoms with van der Waals surface area (Å²) >= 11 is 0. The molecule has 160 valence electrons. The SMILES string of the molecule is O=C(O)c1cc(N2CCN3CCC[C@@H]3C2)c2c(C3CCC3)nn(-c3ccccc3)c2n1. The summed E-state index contributed by atoms with van der Waals surface area (Å²) in [6, 6.07) is 12.3. The number of rotatable bonds is 4. The van der Waals surface area contributed by atoms with Crippen molar-refractivity contribution >= 4 is 22.7 Å². The highest BCUT2D eigenvalue weighted by Crippen LogP contribution is 2.43. The standard InChI is InChI=1S/C24H27N5O2/c30-24(31)19-14-20(28-13-12-27-11-5-10-18(27)15-28)21-22(16-6-4-7-16)26-29(23(21)25-19)17-8-2-1-3-9-17/h1-3,8-9,14,16,18H,4-7,10-13,15H2,(H,30,31)/t18-/m1/s1. The fourth-order valence-electron chi connectivity index (χ4n) is 5.41. The Kier molecular flexibility index (Phi) is 4.45. The number of hydrogen-bond acceptors (Lipinski definition) is 5. The van der Waals surface area contributed by atoms with Crippen LogP contribution in [0.25, 0.3) is 16.7 Å². The van der Waals surface area contributed by atoms with E-state index in [2.05, 4.69) is 14.8 Å². The van der Waals surface area contributed by atoms with Gasteiger partial charge < -0.3 is 10.0 Å². The van der Waals surface area contributed by atoms with E-state index in [4.69, 9.17) is 5.10 Å². The number of aromatic nitrogens is 3. The fraction of sp³-hybridized carbons (Fsp3) is 0.458. The van der Waals surface area contributed by atoms with E-state index in [-0.39, 0.29) is 5.69 Å². The number of para-hydroxylation sites is 1. The second-order valence-corrected chi connectivity index (χ2v) is 9.07. The highest BCUT2D eigenvalue weighted by molar-refractivity contribution is 5.98. The zero-order chi connectivity index (χ0) is 20.9. The molecule has 1 aliphatic carbocycles. The Bertz CT molecular complexity index is 1140. The van der Waals surface area contributed by atoms with Gasteiger partial charge in [-0.25, -0.2) is 14.5 Å². The van der Waals surface area contributed by atoms with Crippen LogP contribution < -0.4 is 4.90 Å². The summed E-state index contributed by atoms with van der Waals surface area (Å²) in [6.45, 7) is 4.07. The molecule has 1 aromatic carbocycles. The van der Waals surface area contributed by atoms with E-state index in [1.165, 1.54) is 25.8 Å². The van der Waals surface area contributed by atoms with Crippen LogP contribution in [-0.4, -0.2) is 63.0 Å². The molecule has 2 aliphatic heterocycles. The second kappa shape index (κ2) is 7.34. The fourth-order valence-corrected chi connectivity index (χ4v) is 5.41. The predicted octanol–water partition coefficient (Wildman–Crippen LogP) is 3.67. The summed E-state index contributed by atoms with van der Waals surface area (Å²) < 4.78 is 1.85. The summed E-state index contributed by atoms with van der Waals surface area (Å²) in [5, 5.41) is 15.9. The molecule has 7 heteroatoms. The molecule has 3 aliphatic rings. The Balaban J connectivity index is 1.56. The minimum absolute atomic E-state index is 0.0913. The quantitative estimate of drug-likeness (QED) is 0.698. The Morgan fingerprint density at radius 2 is 1.87 bits per heavy atom. The summed E-state index contributed by atoms with van der Waals surface area (Å²) in [7, 11) is 0. The van der Waals surface area contributed by atoms with Crippen LogP contribution in [-0.2, 0) is 0 Å². The van der Waals surface area contributed by atoms with Gasteiger partial charge in [0.15, 0.2) is 11.3 Å². The smallest absolute Gasteiger partial charge is 0.354 e. The van der Waals surface area contributed by atoms with Gasteiger partial charge in [0.1, 0.15) is 0 Å². The van der Waals surface area contributed by atoms with E-state index in [1.807, 2.05) is 35.0 Å². The maximum atomic E-state index is 12.0. The zero-order valence-corrected chi connectivity index (χ0v) is 17.6. The number of anilines is 1. The number of fused-ring (bicyclic) bond motifs is 2. The average molecular weight is 418 g/mol. The van der Waals surface area contributed by atoms with Crippen LogP contribution in [0, 0.1) is 0 Å². The van der Waals surface area contributed by atoms with Crippen LogP contribution in [0.5, 0.6) is 0 Å². The molecule has 3 fully saturated rings. The van der Waals surface area contributed by atoms with Gasteiger partial charge in [-0.05, 0) is 50.4 Å². The minimum atomic E-state index is -0.992. The van der Waals surface area contributed by atoms with E-state index in [0.717, 1.165) is 54.9 Å². The number of carbonyl (C=O) groups is 1. The van der Waals surface area contributed by atoms with Gasteiger partial charge in [-0.15, -0.1) is 0 Å². The molecule has 0 amide bonds. The van der Waals surface area contributed by atoms with Gasteiger partial charge in [-0.1, -0.05) is 24.6 Å². The summed E-state index contributed by atoms with van der Waals surface area (Å²) in [5.41, 5.74) is 3.75. The lowest BCUT2D eigenvalue weighted by Crippen LogP contribution is -2.50. The first-order chi connectivity index (χ1) is 15.2. The van der Waals surface area contributed by atoms with E-state index < -0.39 is 5.97 Å². The number of pyridine rings is 1. The van der Waals surface area contributed by atoms with Crippen molar-refractivity contribution < 1.29 is 9.90 Å². The molecule has 6 rings (SSSR count). The molecular weight excluding hydrogens is 390 g/mol. The van der Waals surface area contributed by atoms with Gasteiger partial charge in [0.2, 0.25) is 0 Å². The molecule has 0 bridgehead atoms. The van der Waals surface area contributed by atoms with Crippen molar-refractivity contribution in [3.63, 3.8) is 0 Å². The maximum absolute atomic E-state index is 12.0. The van der Waals surface area contributed by atoms with E-state index in [1.54, 1.807) is 6.07 Å². The first kappa shape index (κ1) is 18.8. The van der Waals surface area contributed by atoms with Gasteiger partial charge in [0.25, 0.3) is 0 Å². The molecule has 4 heterocycles. The Hall–Kier alpha value is -2.93. The Morgan fingerprint density at radius 1 is 1.03 bits per heavy atom. The molecule has 1 saturated carbocycles. The highest BCUT2D eigenvalue weighted by Gasteiger charge is 2.34. The molecule has 7 nitrogen and oxygen atoms in total. The van der Waals surface area contributed by atoms with Crippen molar-refractivity contribution in [3.05, 3.63) is 47.8 Å². The van der Waals surface area contributed by atoms with Crippen molar-refractivity contribution in [2.45, 2.75) is 44.1 Å². The van der Waals surface area contributed by atoms with Crippen molar-refractivity contribution in [2.24, 2.45) is 0 Å².